The molecule has 0 aromatic heterocycles. The number of halogens is 1. The zero-order valence-electron chi connectivity index (χ0n) is 8.64. The Kier molecular flexibility index (Phi) is 2.80. The summed E-state index contributed by atoms with van der Waals surface area (Å²) in [5, 5.41) is 2.41. The van der Waals surface area contributed by atoms with Gasteiger partial charge in [-0.2, -0.15) is 0 Å². The number of benzene rings is 2. The van der Waals surface area contributed by atoms with Gasteiger partial charge in [-0.3, -0.25) is 4.79 Å². The van der Waals surface area contributed by atoms with Crippen molar-refractivity contribution >= 4 is 35.0 Å². The monoisotopic (exact) mass is 230 g/mol. The van der Waals surface area contributed by atoms with E-state index in [-0.39, 0.29) is 18.2 Å². The molecule has 0 spiro atoms. The van der Waals surface area contributed by atoms with Crippen LogP contribution < -0.4 is 0 Å². The molecule has 1 aliphatic rings. The molecule has 0 aliphatic heterocycles. The van der Waals surface area contributed by atoms with Gasteiger partial charge >= 0.3 is 0 Å². The largest absolute Gasteiger partial charge is 0.294 e. The highest BCUT2D eigenvalue weighted by Crippen LogP contribution is 2.26. The topological polar surface area (TPSA) is 17.1 Å². The first kappa shape index (κ1) is 10.9. The van der Waals surface area contributed by atoms with E-state index >= 15 is 0 Å². The van der Waals surface area contributed by atoms with Crippen molar-refractivity contribution in [3.63, 3.8) is 0 Å². The third kappa shape index (κ3) is 1.63. The average Bonchev–Trinajstić information content (AvgIpc) is 2.29. The van der Waals surface area contributed by atoms with E-state index in [9.17, 15) is 4.79 Å². The molecule has 2 heteroatoms. The normalized spacial score (nSPS) is 13.4. The Morgan fingerprint density at radius 1 is 0.938 bits per heavy atom. The van der Waals surface area contributed by atoms with Gasteiger partial charge in [-0.25, -0.2) is 0 Å². The number of carbonyl (C=O) groups is 1. The highest BCUT2D eigenvalue weighted by atomic mass is 35.5. The molecule has 0 saturated heterocycles. The zero-order valence-corrected chi connectivity index (χ0v) is 9.46. The van der Waals surface area contributed by atoms with E-state index in [0.717, 1.165) is 0 Å². The van der Waals surface area contributed by atoms with Crippen LogP contribution in [-0.4, -0.2) is 5.78 Å². The fourth-order valence-corrected chi connectivity index (χ4v) is 2.12. The van der Waals surface area contributed by atoms with Crippen LogP contribution in [0.25, 0.3) is 16.8 Å². The van der Waals surface area contributed by atoms with Crippen molar-refractivity contribution in [1.29, 1.82) is 0 Å². The zero-order chi connectivity index (χ0) is 10.3. The molecule has 3 rings (SSSR count). The summed E-state index contributed by atoms with van der Waals surface area (Å²) in [6.07, 6.45) is 4.11. The van der Waals surface area contributed by atoms with Gasteiger partial charge in [0.15, 0.2) is 5.78 Å². The predicted molar refractivity (Wildman–Crippen MR) is 68.9 cm³/mol. The number of rotatable bonds is 0. The Morgan fingerprint density at radius 2 is 1.75 bits per heavy atom. The summed E-state index contributed by atoms with van der Waals surface area (Å²) in [4.78, 5) is 11.4. The molecular weight excluding hydrogens is 220 g/mol. The van der Waals surface area contributed by atoms with Crippen LogP contribution in [0, 0.1) is 0 Å². The molecule has 80 valence electrons. The van der Waals surface area contributed by atoms with Crippen LogP contribution in [0.5, 0.6) is 0 Å². The van der Waals surface area contributed by atoms with Crippen molar-refractivity contribution in [3.05, 3.63) is 53.6 Å². The molecule has 2 aromatic carbocycles. The average molecular weight is 231 g/mol. The minimum Gasteiger partial charge on any atom is -0.294 e. The summed E-state index contributed by atoms with van der Waals surface area (Å²) < 4.78 is 0. The van der Waals surface area contributed by atoms with Gasteiger partial charge < -0.3 is 0 Å². The summed E-state index contributed by atoms with van der Waals surface area (Å²) in [6, 6.07) is 12.4. The van der Waals surface area contributed by atoms with Crippen LogP contribution in [0.3, 0.4) is 0 Å². The summed E-state index contributed by atoms with van der Waals surface area (Å²) in [5.74, 6) is 0.193. The third-order valence-corrected chi connectivity index (χ3v) is 2.88. The first-order chi connectivity index (χ1) is 7.34. The minimum atomic E-state index is 0. The number of ketones is 1. The maximum absolute atomic E-state index is 11.4. The van der Waals surface area contributed by atoms with E-state index < -0.39 is 0 Å². The second-order valence-corrected chi connectivity index (χ2v) is 3.83. The van der Waals surface area contributed by atoms with Crippen molar-refractivity contribution < 1.29 is 4.79 Å². The molecule has 0 saturated carbocycles. The summed E-state index contributed by atoms with van der Waals surface area (Å²) in [5.41, 5.74) is 2.34. The molecule has 1 aliphatic carbocycles. The Morgan fingerprint density at radius 3 is 2.62 bits per heavy atom. The van der Waals surface area contributed by atoms with Gasteiger partial charge in [0, 0.05) is 6.42 Å². The van der Waals surface area contributed by atoms with Crippen LogP contribution in [0.2, 0.25) is 0 Å². The van der Waals surface area contributed by atoms with E-state index in [0.29, 0.717) is 6.42 Å². The van der Waals surface area contributed by atoms with Gasteiger partial charge in [-0.15, -0.1) is 12.4 Å². The van der Waals surface area contributed by atoms with Crippen molar-refractivity contribution in [3.8, 4) is 0 Å². The fourth-order valence-electron chi connectivity index (χ4n) is 2.12. The van der Waals surface area contributed by atoms with Gasteiger partial charge in [0.05, 0.1) is 0 Å². The Balaban J connectivity index is 0.000000963. The molecule has 0 atom stereocenters. The SMILES string of the molecule is Cl.O=C1C=Cc2ccc3ccccc3c2C1. The predicted octanol–water partition coefficient (Wildman–Crippen LogP) is 3.40. The maximum Gasteiger partial charge on any atom is 0.160 e. The molecule has 0 unspecified atom stereocenters. The van der Waals surface area contributed by atoms with Crippen LogP contribution in [-0.2, 0) is 11.2 Å². The number of carbonyl (C=O) groups excluding carboxylic acids is 1. The highest BCUT2D eigenvalue weighted by Gasteiger charge is 2.12. The molecular formula is C14H11ClO. The minimum absolute atomic E-state index is 0. The van der Waals surface area contributed by atoms with Crippen LogP contribution in [0.1, 0.15) is 11.1 Å². The van der Waals surface area contributed by atoms with Gasteiger partial charge in [0.2, 0.25) is 0 Å². The Hall–Kier alpha value is -1.60. The van der Waals surface area contributed by atoms with Gasteiger partial charge in [0.1, 0.15) is 0 Å². The number of allylic oxidation sites excluding steroid dienone is 1. The Labute approximate surface area is 100 Å². The number of fused-ring (bicyclic) bond motifs is 3. The standard InChI is InChI=1S/C14H10O.ClH/c15-12-8-7-11-6-5-10-3-1-2-4-13(10)14(11)9-12;/h1-8H,9H2;1H. The second-order valence-electron chi connectivity index (χ2n) is 3.83. The fraction of sp³-hybridized carbons (Fsp3) is 0.0714. The smallest absolute Gasteiger partial charge is 0.160 e. The maximum atomic E-state index is 11.4. The number of hydrogen-bond acceptors (Lipinski definition) is 1. The van der Waals surface area contributed by atoms with Crippen LogP contribution in [0.4, 0.5) is 0 Å². The molecule has 0 fully saturated rings. The van der Waals surface area contributed by atoms with Gasteiger partial charge in [-0.1, -0.05) is 42.5 Å². The first-order valence-corrected chi connectivity index (χ1v) is 5.06. The molecule has 1 nitrogen and oxygen atoms in total. The lowest BCUT2D eigenvalue weighted by atomic mass is 9.91. The highest BCUT2D eigenvalue weighted by molar-refractivity contribution is 6.03. The van der Waals surface area contributed by atoms with Gasteiger partial charge in [0.25, 0.3) is 0 Å². The lowest BCUT2D eigenvalue weighted by Crippen LogP contribution is -2.05. The lowest BCUT2D eigenvalue weighted by Gasteiger charge is -2.12. The molecule has 2 aromatic rings. The van der Waals surface area contributed by atoms with Crippen molar-refractivity contribution in [1.82, 2.24) is 0 Å². The van der Waals surface area contributed by atoms with Crippen molar-refractivity contribution in [2.24, 2.45) is 0 Å². The van der Waals surface area contributed by atoms with Crippen molar-refractivity contribution in [2.45, 2.75) is 6.42 Å². The molecule has 0 N–H and O–H groups in total. The molecule has 0 radical (unpaired) electrons. The lowest BCUT2D eigenvalue weighted by molar-refractivity contribution is -0.114. The van der Waals surface area contributed by atoms with Crippen molar-refractivity contribution in [2.75, 3.05) is 0 Å². The quantitative estimate of drug-likeness (QED) is 0.678. The van der Waals surface area contributed by atoms with E-state index in [1.807, 2.05) is 18.2 Å². The van der Waals surface area contributed by atoms with E-state index in [1.54, 1.807) is 6.08 Å². The summed E-state index contributed by atoms with van der Waals surface area (Å²) in [7, 11) is 0. The Bertz CT molecular complexity index is 584. The molecule has 0 heterocycles. The summed E-state index contributed by atoms with van der Waals surface area (Å²) in [6.45, 7) is 0. The first-order valence-electron chi connectivity index (χ1n) is 5.06. The third-order valence-electron chi connectivity index (χ3n) is 2.88. The van der Waals surface area contributed by atoms with Crippen LogP contribution in [0.15, 0.2) is 42.5 Å². The molecule has 0 amide bonds. The van der Waals surface area contributed by atoms with E-state index in [4.69, 9.17) is 0 Å². The number of hydrogen-bond donors (Lipinski definition) is 0. The molecule has 16 heavy (non-hydrogen) atoms. The van der Waals surface area contributed by atoms with E-state index in [1.165, 1.54) is 21.9 Å². The van der Waals surface area contributed by atoms with E-state index in [2.05, 4.69) is 24.3 Å². The summed E-state index contributed by atoms with van der Waals surface area (Å²) >= 11 is 0. The van der Waals surface area contributed by atoms with Gasteiger partial charge in [-0.05, 0) is 28.0 Å². The van der Waals surface area contributed by atoms with Crippen LogP contribution >= 0.6 is 12.4 Å². The second kappa shape index (κ2) is 4.11. The molecule has 0 bridgehead atoms.